The first kappa shape index (κ1) is 12.5. The van der Waals surface area contributed by atoms with Gasteiger partial charge < -0.3 is 9.32 Å². The summed E-state index contributed by atoms with van der Waals surface area (Å²) in [6.07, 6.45) is 0. The quantitative estimate of drug-likeness (QED) is 0.730. The largest absolute Gasteiger partial charge is 0.420 e. The first-order valence-corrected chi connectivity index (χ1v) is 6.60. The Morgan fingerprint density at radius 1 is 1.05 bits per heavy atom. The van der Waals surface area contributed by atoms with E-state index in [1.807, 2.05) is 49.5 Å². The molecule has 0 N–H and O–H groups in total. The van der Waals surface area contributed by atoms with Gasteiger partial charge in [0.25, 0.3) is 0 Å². The molecule has 0 unspecified atom stereocenters. The third kappa shape index (κ3) is 2.32. The van der Waals surface area contributed by atoms with Crippen LogP contribution >= 0.6 is 0 Å². The van der Waals surface area contributed by atoms with E-state index in [0.29, 0.717) is 12.1 Å². The lowest BCUT2D eigenvalue weighted by Crippen LogP contribution is -2.26. The molecule has 3 rings (SSSR count). The average Bonchev–Trinajstić information content (AvgIpc) is 2.81. The standard InChI is InChI=1S/C16H16N2O2/c1-17(13-7-3-2-4-8-13)11-12-18-14-9-5-6-10-15(14)20-16(18)19/h2-10H,11-12H2,1H3. The minimum absolute atomic E-state index is 0.298. The van der Waals surface area contributed by atoms with Crippen LogP contribution in [-0.4, -0.2) is 18.2 Å². The molecule has 0 bridgehead atoms. The van der Waals surface area contributed by atoms with Gasteiger partial charge in [-0.3, -0.25) is 4.57 Å². The number of hydrogen-bond donors (Lipinski definition) is 0. The van der Waals surface area contributed by atoms with E-state index < -0.39 is 0 Å². The van der Waals surface area contributed by atoms with Crippen molar-refractivity contribution in [3.63, 3.8) is 0 Å². The van der Waals surface area contributed by atoms with Crippen LogP contribution in [0, 0.1) is 0 Å². The van der Waals surface area contributed by atoms with E-state index in [1.165, 1.54) is 0 Å². The number of para-hydroxylation sites is 3. The van der Waals surface area contributed by atoms with E-state index in [0.717, 1.165) is 17.7 Å². The molecule has 0 aliphatic rings. The Kier molecular flexibility index (Phi) is 3.29. The second-order valence-corrected chi connectivity index (χ2v) is 4.74. The van der Waals surface area contributed by atoms with Crippen molar-refractivity contribution < 1.29 is 4.42 Å². The highest BCUT2D eigenvalue weighted by Crippen LogP contribution is 2.13. The van der Waals surface area contributed by atoms with Crippen molar-refractivity contribution in [2.24, 2.45) is 0 Å². The van der Waals surface area contributed by atoms with Gasteiger partial charge in [0, 0.05) is 25.8 Å². The van der Waals surface area contributed by atoms with Crippen molar-refractivity contribution in [2.45, 2.75) is 6.54 Å². The Morgan fingerprint density at radius 3 is 2.55 bits per heavy atom. The van der Waals surface area contributed by atoms with Crippen LogP contribution in [0.1, 0.15) is 0 Å². The molecule has 0 aliphatic carbocycles. The molecule has 0 atom stereocenters. The Bertz CT molecular complexity index is 759. The average molecular weight is 268 g/mol. The Hall–Kier alpha value is -2.49. The molecule has 4 nitrogen and oxygen atoms in total. The summed E-state index contributed by atoms with van der Waals surface area (Å²) in [5.41, 5.74) is 2.62. The zero-order valence-corrected chi connectivity index (χ0v) is 11.3. The van der Waals surface area contributed by atoms with Crippen LogP contribution in [-0.2, 0) is 6.54 Å². The van der Waals surface area contributed by atoms with Crippen LogP contribution in [0.25, 0.3) is 11.1 Å². The fraction of sp³-hybridized carbons (Fsp3) is 0.188. The van der Waals surface area contributed by atoms with Crippen LogP contribution in [0.3, 0.4) is 0 Å². The van der Waals surface area contributed by atoms with Gasteiger partial charge in [-0.1, -0.05) is 30.3 Å². The van der Waals surface area contributed by atoms with Gasteiger partial charge in [-0.2, -0.15) is 0 Å². The first-order valence-electron chi connectivity index (χ1n) is 6.60. The summed E-state index contributed by atoms with van der Waals surface area (Å²) in [6.45, 7) is 1.34. The van der Waals surface area contributed by atoms with Crippen molar-refractivity contribution in [3.05, 3.63) is 65.1 Å². The molecular formula is C16H16N2O2. The van der Waals surface area contributed by atoms with Gasteiger partial charge in [0.2, 0.25) is 0 Å². The number of anilines is 1. The number of hydrogen-bond acceptors (Lipinski definition) is 3. The molecule has 1 heterocycles. The minimum atomic E-state index is -0.298. The third-order valence-electron chi connectivity index (χ3n) is 3.43. The van der Waals surface area contributed by atoms with Gasteiger partial charge >= 0.3 is 5.76 Å². The molecule has 2 aromatic carbocycles. The van der Waals surface area contributed by atoms with E-state index in [4.69, 9.17) is 4.42 Å². The molecule has 1 aromatic heterocycles. The summed E-state index contributed by atoms with van der Waals surface area (Å²) in [4.78, 5) is 14.0. The number of oxazole rings is 1. The van der Waals surface area contributed by atoms with E-state index >= 15 is 0 Å². The number of rotatable bonds is 4. The van der Waals surface area contributed by atoms with E-state index in [-0.39, 0.29) is 5.76 Å². The van der Waals surface area contributed by atoms with Crippen LogP contribution in [0.5, 0.6) is 0 Å². The second-order valence-electron chi connectivity index (χ2n) is 4.74. The number of nitrogens with zero attached hydrogens (tertiary/aromatic N) is 2. The highest BCUT2D eigenvalue weighted by atomic mass is 16.4. The Balaban J connectivity index is 1.81. The number of fused-ring (bicyclic) bond motifs is 1. The third-order valence-corrected chi connectivity index (χ3v) is 3.43. The number of aromatic nitrogens is 1. The topological polar surface area (TPSA) is 38.4 Å². The molecule has 0 saturated carbocycles. The van der Waals surface area contributed by atoms with E-state index in [1.54, 1.807) is 4.57 Å². The second kappa shape index (κ2) is 5.25. The predicted octanol–water partition coefficient (Wildman–Crippen LogP) is 2.73. The van der Waals surface area contributed by atoms with Crippen LogP contribution in [0.2, 0.25) is 0 Å². The minimum Gasteiger partial charge on any atom is -0.408 e. The van der Waals surface area contributed by atoms with Crippen LogP contribution in [0.15, 0.2) is 63.8 Å². The van der Waals surface area contributed by atoms with Gasteiger partial charge in [0.05, 0.1) is 5.52 Å². The van der Waals surface area contributed by atoms with Gasteiger partial charge in [0.1, 0.15) is 0 Å². The first-order chi connectivity index (χ1) is 9.75. The van der Waals surface area contributed by atoms with Crippen LogP contribution in [0.4, 0.5) is 5.69 Å². The van der Waals surface area contributed by atoms with Gasteiger partial charge in [-0.15, -0.1) is 0 Å². The van der Waals surface area contributed by atoms with E-state index in [2.05, 4.69) is 17.0 Å². The Morgan fingerprint density at radius 2 is 1.75 bits per heavy atom. The fourth-order valence-corrected chi connectivity index (χ4v) is 2.29. The van der Waals surface area contributed by atoms with Gasteiger partial charge in [0.15, 0.2) is 5.58 Å². The molecule has 0 saturated heterocycles. The molecule has 3 aromatic rings. The molecule has 0 spiro atoms. The summed E-state index contributed by atoms with van der Waals surface area (Å²) >= 11 is 0. The van der Waals surface area contributed by atoms with Gasteiger partial charge in [-0.25, -0.2) is 4.79 Å². The van der Waals surface area contributed by atoms with Crippen molar-refractivity contribution in [2.75, 3.05) is 18.5 Å². The molecule has 4 heteroatoms. The Labute approximate surface area is 116 Å². The lowest BCUT2D eigenvalue weighted by molar-refractivity contribution is 0.505. The van der Waals surface area contributed by atoms with Gasteiger partial charge in [-0.05, 0) is 24.3 Å². The summed E-state index contributed by atoms with van der Waals surface area (Å²) in [5, 5.41) is 0. The zero-order valence-electron chi connectivity index (χ0n) is 11.3. The summed E-state index contributed by atoms with van der Waals surface area (Å²) in [6, 6.07) is 17.6. The number of benzene rings is 2. The van der Waals surface area contributed by atoms with Crippen molar-refractivity contribution in [1.82, 2.24) is 4.57 Å². The smallest absolute Gasteiger partial charge is 0.408 e. The zero-order chi connectivity index (χ0) is 13.9. The van der Waals surface area contributed by atoms with Crippen molar-refractivity contribution in [3.8, 4) is 0 Å². The molecule has 0 radical (unpaired) electrons. The SMILES string of the molecule is CN(CCn1c(=O)oc2ccccc21)c1ccccc1. The highest BCUT2D eigenvalue weighted by molar-refractivity contribution is 5.72. The summed E-state index contributed by atoms with van der Waals surface area (Å²) in [7, 11) is 2.02. The number of likely N-dealkylation sites (N-methyl/N-ethyl adjacent to an activating group) is 1. The lowest BCUT2D eigenvalue weighted by atomic mass is 10.3. The van der Waals surface area contributed by atoms with Crippen LogP contribution < -0.4 is 10.7 Å². The van der Waals surface area contributed by atoms with Crippen molar-refractivity contribution >= 4 is 16.8 Å². The summed E-state index contributed by atoms with van der Waals surface area (Å²) < 4.78 is 6.90. The maximum atomic E-state index is 11.9. The monoisotopic (exact) mass is 268 g/mol. The summed E-state index contributed by atoms with van der Waals surface area (Å²) in [5.74, 6) is -0.298. The molecule has 20 heavy (non-hydrogen) atoms. The molecule has 0 fully saturated rings. The molecule has 102 valence electrons. The molecule has 0 amide bonds. The maximum Gasteiger partial charge on any atom is 0.420 e. The van der Waals surface area contributed by atoms with Crippen molar-refractivity contribution in [1.29, 1.82) is 0 Å². The predicted molar refractivity (Wildman–Crippen MR) is 80.2 cm³/mol. The van der Waals surface area contributed by atoms with E-state index in [9.17, 15) is 4.79 Å². The maximum absolute atomic E-state index is 11.9. The normalized spacial score (nSPS) is 10.8. The molecular weight excluding hydrogens is 252 g/mol. The fourth-order valence-electron chi connectivity index (χ4n) is 2.29. The lowest BCUT2D eigenvalue weighted by Gasteiger charge is -2.19. The molecule has 0 aliphatic heterocycles. The highest BCUT2D eigenvalue weighted by Gasteiger charge is 2.09.